The average molecular weight is 562 g/mol. The molecule has 2 fully saturated rings. The van der Waals surface area contributed by atoms with Crippen molar-refractivity contribution in [2.45, 2.75) is 46.1 Å². The molecular formula is C30H35N5O2S2. The molecule has 2 aliphatic heterocycles. The van der Waals surface area contributed by atoms with Crippen molar-refractivity contribution in [1.29, 1.82) is 0 Å². The van der Waals surface area contributed by atoms with Gasteiger partial charge in [-0.15, -0.1) is 0 Å². The third kappa shape index (κ3) is 6.26. The lowest BCUT2D eigenvalue weighted by molar-refractivity contribution is -0.122. The quantitative estimate of drug-likeness (QED) is 0.205. The van der Waals surface area contributed by atoms with Crippen LogP contribution in [-0.4, -0.2) is 62.1 Å². The summed E-state index contributed by atoms with van der Waals surface area (Å²) in [6, 6.07) is 14.3. The molecule has 0 unspecified atom stereocenters. The SMILES string of the molecule is CCCCCCN1C(=O)C(=Cc2c(N3CCN(Cc4ccccc4)CC3)nc3ccc(C)cn3c2=O)SC1=S. The number of rotatable bonds is 9. The van der Waals surface area contributed by atoms with Crippen molar-refractivity contribution < 1.29 is 4.79 Å². The number of thiocarbonyl (C=S) groups is 1. The van der Waals surface area contributed by atoms with E-state index >= 15 is 0 Å². The van der Waals surface area contributed by atoms with Crippen LogP contribution in [0.15, 0.2) is 58.4 Å². The predicted octanol–water partition coefficient (Wildman–Crippen LogP) is 5.11. The Labute approximate surface area is 239 Å². The first kappa shape index (κ1) is 27.6. The van der Waals surface area contributed by atoms with E-state index in [9.17, 15) is 9.59 Å². The number of thioether (sulfide) groups is 1. The number of pyridine rings is 1. The van der Waals surface area contributed by atoms with E-state index in [-0.39, 0.29) is 11.5 Å². The lowest BCUT2D eigenvalue weighted by Gasteiger charge is -2.36. The zero-order valence-electron chi connectivity index (χ0n) is 22.6. The molecule has 2 aliphatic rings. The molecule has 5 rings (SSSR count). The zero-order chi connectivity index (χ0) is 27.4. The molecule has 0 spiro atoms. The van der Waals surface area contributed by atoms with E-state index in [0.29, 0.717) is 32.8 Å². The Bertz CT molecular complexity index is 1440. The number of carbonyl (C=O) groups is 1. The number of carbonyl (C=O) groups excluding carboxylic acids is 1. The Morgan fingerprint density at radius 3 is 2.51 bits per heavy atom. The summed E-state index contributed by atoms with van der Waals surface area (Å²) in [6.45, 7) is 8.87. The summed E-state index contributed by atoms with van der Waals surface area (Å²) < 4.78 is 2.14. The van der Waals surface area contributed by atoms with E-state index in [1.54, 1.807) is 15.4 Å². The van der Waals surface area contributed by atoms with Crippen molar-refractivity contribution in [2.75, 3.05) is 37.6 Å². The highest BCUT2D eigenvalue weighted by Crippen LogP contribution is 2.34. The maximum Gasteiger partial charge on any atom is 0.267 e. The van der Waals surface area contributed by atoms with Crippen molar-refractivity contribution in [2.24, 2.45) is 0 Å². The van der Waals surface area contributed by atoms with Crippen LogP contribution in [0.1, 0.15) is 49.3 Å². The summed E-state index contributed by atoms with van der Waals surface area (Å²) in [4.78, 5) is 38.9. The zero-order valence-corrected chi connectivity index (χ0v) is 24.3. The van der Waals surface area contributed by atoms with E-state index < -0.39 is 0 Å². The van der Waals surface area contributed by atoms with Gasteiger partial charge in [-0.1, -0.05) is 86.6 Å². The number of nitrogens with zero attached hydrogens (tertiary/aromatic N) is 5. The second kappa shape index (κ2) is 12.4. The molecule has 7 nitrogen and oxygen atoms in total. The van der Waals surface area contributed by atoms with Crippen LogP contribution in [0, 0.1) is 6.92 Å². The number of hydrogen-bond acceptors (Lipinski definition) is 7. The van der Waals surface area contributed by atoms with Gasteiger partial charge in [0.25, 0.3) is 11.5 Å². The largest absolute Gasteiger partial charge is 0.353 e. The summed E-state index contributed by atoms with van der Waals surface area (Å²) in [5.74, 6) is 0.519. The van der Waals surface area contributed by atoms with Gasteiger partial charge in [0.15, 0.2) is 0 Å². The molecule has 0 saturated carbocycles. The molecule has 1 aromatic carbocycles. The highest BCUT2D eigenvalue weighted by atomic mass is 32.2. The first-order valence-corrected chi connectivity index (χ1v) is 15.0. The first-order chi connectivity index (χ1) is 18.9. The van der Waals surface area contributed by atoms with Crippen molar-refractivity contribution in [3.8, 4) is 0 Å². The molecule has 4 heterocycles. The maximum atomic E-state index is 13.8. The molecule has 2 saturated heterocycles. The van der Waals surface area contributed by atoms with Gasteiger partial charge in [-0.3, -0.25) is 23.8 Å². The molecular weight excluding hydrogens is 526 g/mol. The van der Waals surface area contributed by atoms with Crippen LogP contribution in [0.3, 0.4) is 0 Å². The number of unbranched alkanes of at least 4 members (excludes halogenated alkanes) is 3. The molecule has 0 atom stereocenters. The molecule has 0 N–H and O–H groups in total. The minimum absolute atomic E-state index is 0.117. The standard InChI is InChI=1S/C30H35N5O2S2/c1-3-4-5-9-14-34-29(37)25(39-30(34)38)19-24-27(31-26-13-12-22(2)20-35(26)28(24)36)33-17-15-32(16-18-33)21-23-10-7-6-8-11-23/h6-8,10-13,19-20H,3-5,9,14-18,21H2,1-2H3. The number of amides is 1. The number of aryl methyl sites for hydroxylation is 1. The maximum absolute atomic E-state index is 13.8. The summed E-state index contributed by atoms with van der Waals surface area (Å²) in [6.07, 6.45) is 7.81. The second-order valence-electron chi connectivity index (χ2n) is 10.2. The second-order valence-corrected chi connectivity index (χ2v) is 11.9. The fourth-order valence-electron chi connectivity index (χ4n) is 5.09. The molecule has 0 radical (unpaired) electrons. The summed E-state index contributed by atoms with van der Waals surface area (Å²) in [7, 11) is 0. The summed E-state index contributed by atoms with van der Waals surface area (Å²) in [5.41, 5.74) is 3.14. The lowest BCUT2D eigenvalue weighted by Crippen LogP contribution is -2.47. The fourth-order valence-corrected chi connectivity index (χ4v) is 6.38. The van der Waals surface area contributed by atoms with Gasteiger partial charge in [-0.05, 0) is 36.6 Å². The van der Waals surface area contributed by atoms with Crippen molar-refractivity contribution in [1.82, 2.24) is 19.2 Å². The summed E-state index contributed by atoms with van der Waals surface area (Å²) in [5, 5.41) is 0. The third-order valence-corrected chi connectivity index (χ3v) is 8.67. The third-order valence-electron chi connectivity index (χ3n) is 7.29. The molecule has 1 amide bonds. The van der Waals surface area contributed by atoms with Gasteiger partial charge in [0, 0.05) is 45.5 Å². The van der Waals surface area contributed by atoms with E-state index in [0.717, 1.165) is 64.0 Å². The van der Waals surface area contributed by atoms with Crippen LogP contribution >= 0.6 is 24.0 Å². The molecule has 39 heavy (non-hydrogen) atoms. The monoisotopic (exact) mass is 561 g/mol. The number of anilines is 1. The van der Waals surface area contributed by atoms with E-state index in [1.807, 2.05) is 31.3 Å². The van der Waals surface area contributed by atoms with Gasteiger partial charge < -0.3 is 4.90 Å². The molecule has 0 aliphatic carbocycles. The van der Waals surface area contributed by atoms with Crippen LogP contribution in [0.4, 0.5) is 5.82 Å². The van der Waals surface area contributed by atoms with Crippen molar-refractivity contribution in [3.63, 3.8) is 0 Å². The van der Waals surface area contributed by atoms with Gasteiger partial charge in [0.1, 0.15) is 15.8 Å². The fraction of sp³-hybridized carbons (Fsp3) is 0.400. The van der Waals surface area contributed by atoms with E-state index in [2.05, 4.69) is 41.0 Å². The Kier molecular flexibility index (Phi) is 8.79. The van der Waals surface area contributed by atoms with Gasteiger partial charge >= 0.3 is 0 Å². The number of piperazine rings is 1. The molecule has 2 aromatic heterocycles. The highest BCUT2D eigenvalue weighted by Gasteiger charge is 2.33. The minimum atomic E-state index is -0.168. The number of benzene rings is 1. The van der Waals surface area contributed by atoms with Crippen molar-refractivity contribution >= 4 is 51.7 Å². The predicted molar refractivity (Wildman–Crippen MR) is 164 cm³/mol. The normalized spacial score (nSPS) is 17.6. The average Bonchev–Trinajstić information content (AvgIpc) is 3.21. The number of aromatic nitrogens is 2. The topological polar surface area (TPSA) is 61.2 Å². The van der Waals surface area contributed by atoms with E-state index in [4.69, 9.17) is 17.2 Å². The molecule has 0 bridgehead atoms. The Hall–Kier alpha value is -3.01. The smallest absolute Gasteiger partial charge is 0.267 e. The Morgan fingerprint density at radius 2 is 1.77 bits per heavy atom. The minimum Gasteiger partial charge on any atom is -0.353 e. The van der Waals surface area contributed by atoms with Gasteiger partial charge in [-0.25, -0.2) is 4.98 Å². The van der Waals surface area contributed by atoms with Crippen LogP contribution in [0.25, 0.3) is 11.7 Å². The van der Waals surface area contributed by atoms with Crippen LogP contribution in [0.2, 0.25) is 0 Å². The molecule has 9 heteroatoms. The number of hydrogen-bond donors (Lipinski definition) is 0. The van der Waals surface area contributed by atoms with Crippen LogP contribution in [0.5, 0.6) is 0 Å². The number of fused-ring (bicyclic) bond motifs is 1. The van der Waals surface area contributed by atoms with Gasteiger partial charge in [0.2, 0.25) is 0 Å². The molecule has 3 aromatic rings. The summed E-state index contributed by atoms with van der Waals surface area (Å²) >= 11 is 6.83. The van der Waals surface area contributed by atoms with Crippen LogP contribution < -0.4 is 10.5 Å². The Balaban J connectivity index is 1.43. The van der Waals surface area contributed by atoms with Gasteiger partial charge in [-0.2, -0.15) is 0 Å². The highest BCUT2D eigenvalue weighted by molar-refractivity contribution is 8.26. The first-order valence-electron chi connectivity index (χ1n) is 13.7. The van der Waals surface area contributed by atoms with Crippen LogP contribution in [-0.2, 0) is 11.3 Å². The lowest BCUT2D eigenvalue weighted by atomic mass is 10.1. The molecule has 204 valence electrons. The van der Waals surface area contributed by atoms with E-state index in [1.165, 1.54) is 17.3 Å². The van der Waals surface area contributed by atoms with Gasteiger partial charge in [0.05, 0.1) is 10.5 Å². The Morgan fingerprint density at radius 1 is 1.00 bits per heavy atom. The van der Waals surface area contributed by atoms with Crippen molar-refractivity contribution in [3.05, 3.63) is 80.6 Å².